The van der Waals surface area contributed by atoms with E-state index < -0.39 is 0 Å². The third-order valence-corrected chi connectivity index (χ3v) is 5.64. The minimum Gasteiger partial charge on any atom is -0.375 e. The van der Waals surface area contributed by atoms with Crippen molar-refractivity contribution in [3.63, 3.8) is 0 Å². The smallest absolute Gasteiger partial charge is 0.253 e. The van der Waals surface area contributed by atoms with Gasteiger partial charge in [-0.3, -0.25) is 9.59 Å². The van der Waals surface area contributed by atoms with Crippen molar-refractivity contribution in [2.75, 3.05) is 26.2 Å². The van der Waals surface area contributed by atoms with Gasteiger partial charge in [-0.2, -0.15) is 0 Å². The van der Waals surface area contributed by atoms with Crippen molar-refractivity contribution < 1.29 is 14.3 Å². The molecule has 1 aromatic rings. The standard InChI is InChI=1S/C19H25BrN2O3/c1-13-12-25-14(2)11-22(13)19(24)16-7-9-21(10-8-16)18(23)15-3-5-17(20)6-4-15/h3-6,13-14,16H,7-12H2,1-2H3. The fourth-order valence-electron chi connectivity index (χ4n) is 3.55. The third-order valence-electron chi connectivity index (χ3n) is 5.11. The van der Waals surface area contributed by atoms with Gasteiger partial charge in [0.1, 0.15) is 0 Å². The Morgan fingerprint density at radius 1 is 1.12 bits per heavy atom. The summed E-state index contributed by atoms with van der Waals surface area (Å²) < 4.78 is 6.57. The molecule has 2 aliphatic heterocycles. The van der Waals surface area contributed by atoms with Crippen molar-refractivity contribution in [1.82, 2.24) is 9.80 Å². The molecule has 2 aliphatic rings. The number of carbonyl (C=O) groups is 2. The van der Waals surface area contributed by atoms with Crippen molar-refractivity contribution in [1.29, 1.82) is 0 Å². The van der Waals surface area contributed by atoms with Crippen LogP contribution in [0.2, 0.25) is 0 Å². The Labute approximate surface area is 157 Å². The molecule has 136 valence electrons. The van der Waals surface area contributed by atoms with Crippen LogP contribution in [0, 0.1) is 5.92 Å². The Balaban J connectivity index is 1.57. The van der Waals surface area contributed by atoms with Gasteiger partial charge in [-0.1, -0.05) is 15.9 Å². The molecule has 0 N–H and O–H groups in total. The first-order valence-electron chi connectivity index (χ1n) is 8.92. The minimum atomic E-state index is 0.0155. The molecule has 0 aromatic heterocycles. The number of amides is 2. The number of nitrogens with zero attached hydrogens (tertiary/aromatic N) is 2. The van der Waals surface area contributed by atoms with Crippen LogP contribution < -0.4 is 0 Å². The molecule has 0 radical (unpaired) electrons. The Hall–Kier alpha value is -1.40. The Kier molecular flexibility index (Phi) is 5.79. The molecule has 25 heavy (non-hydrogen) atoms. The van der Waals surface area contributed by atoms with E-state index in [1.54, 1.807) is 0 Å². The fraction of sp³-hybridized carbons (Fsp3) is 0.579. The molecule has 2 heterocycles. The second-order valence-corrected chi connectivity index (χ2v) is 7.97. The quantitative estimate of drug-likeness (QED) is 0.755. The molecule has 0 spiro atoms. The van der Waals surface area contributed by atoms with Crippen molar-refractivity contribution in [2.24, 2.45) is 5.92 Å². The van der Waals surface area contributed by atoms with Gasteiger partial charge in [-0.15, -0.1) is 0 Å². The molecule has 2 fully saturated rings. The summed E-state index contributed by atoms with van der Waals surface area (Å²) in [6.07, 6.45) is 1.57. The number of likely N-dealkylation sites (tertiary alicyclic amines) is 1. The first-order chi connectivity index (χ1) is 12.0. The molecular weight excluding hydrogens is 384 g/mol. The molecule has 0 saturated carbocycles. The van der Waals surface area contributed by atoms with E-state index in [1.807, 2.05) is 47.9 Å². The average Bonchev–Trinajstić information content (AvgIpc) is 2.63. The Morgan fingerprint density at radius 3 is 2.40 bits per heavy atom. The summed E-state index contributed by atoms with van der Waals surface area (Å²) >= 11 is 3.39. The van der Waals surface area contributed by atoms with Crippen LogP contribution in [0.1, 0.15) is 37.0 Å². The molecular formula is C19H25BrN2O3. The zero-order chi connectivity index (χ0) is 18.0. The van der Waals surface area contributed by atoms with E-state index >= 15 is 0 Å². The topological polar surface area (TPSA) is 49.9 Å². The van der Waals surface area contributed by atoms with E-state index in [1.165, 1.54) is 0 Å². The number of ether oxygens (including phenoxy) is 1. The summed E-state index contributed by atoms with van der Waals surface area (Å²) in [6.45, 7) is 6.59. The van der Waals surface area contributed by atoms with Crippen molar-refractivity contribution in [3.8, 4) is 0 Å². The summed E-state index contributed by atoms with van der Waals surface area (Å²) in [4.78, 5) is 29.3. The maximum Gasteiger partial charge on any atom is 0.253 e. The van der Waals surface area contributed by atoms with Crippen LogP contribution in [-0.4, -0.2) is 60.0 Å². The number of morpholine rings is 1. The fourth-order valence-corrected chi connectivity index (χ4v) is 3.81. The summed E-state index contributed by atoms with van der Waals surface area (Å²) in [5, 5.41) is 0. The first kappa shape index (κ1) is 18.4. The molecule has 6 heteroatoms. The van der Waals surface area contributed by atoms with Crippen LogP contribution in [0.25, 0.3) is 0 Å². The number of hydrogen-bond acceptors (Lipinski definition) is 3. The summed E-state index contributed by atoms with van der Waals surface area (Å²) in [5.41, 5.74) is 0.698. The second kappa shape index (κ2) is 7.87. The SMILES string of the molecule is CC1CN(C(=O)C2CCN(C(=O)c3ccc(Br)cc3)CC2)C(C)CO1. The number of hydrogen-bond donors (Lipinski definition) is 0. The molecule has 1 aromatic carbocycles. The number of piperidine rings is 1. The lowest BCUT2D eigenvalue weighted by molar-refractivity contribution is -0.148. The number of halogens is 1. The van der Waals surface area contributed by atoms with Crippen molar-refractivity contribution >= 4 is 27.7 Å². The highest BCUT2D eigenvalue weighted by molar-refractivity contribution is 9.10. The number of benzene rings is 1. The van der Waals surface area contributed by atoms with Gasteiger partial charge in [0.15, 0.2) is 0 Å². The van der Waals surface area contributed by atoms with Gasteiger partial charge < -0.3 is 14.5 Å². The van der Waals surface area contributed by atoms with Crippen LogP contribution in [-0.2, 0) is 9.53 Å². The lowest BCUT2D eigenvalue weighted by atomic mass is 9.94. The van der Waals surface area contributed by atoms with Crippen LogP contribution in [0.15, 0.2) is 28.7 Å². The van der Waals surface area contributed by atoms with Crippen LogP contribution in [0.4, 0.5) is 0 Å². The van der Waals surface area contributed by atoms with Gasteiger partial charge in [0.25, 0.3) is 5.91 Å². The van der Waals surface area contributed by atoms with Crippen molar-refractivity contribution in [2.45, 2.75) is 38.8 Å². The highest BCUT2D eigenvalue weighted by Crippen LogP contribution is 2.24. The van der Waals surface area contributed by atoms with Crippen LogP contribution >= 0.6 is 15.9 Å². The predicted octanol–water partition coefficient (Wildman–Crippen LogP) is 2.94. The van der Waals surface area contributed by atoms with Gasteiger partial charge >= 0.3 is 0 Å². The summed E-state index contributed by atoms with van der Waals surface area (Å²) in [6, 6.07) is 7.56. The lowest BCUT2D eigenvalue weighted by Gasteiger charge is -2.40. The number of carbonyl (C=O) groups excluding carboxylic acids is 2. The van der Waals surface area contributed by atoms with Crippen LogP contribution in [0.3, 0.4) is 0 Å². The van der Waals surface area contributed by atoms with E-state index in [-0.39, 0.29) is 29.9 Å². The summed E-state index contributed by atoms with van der Waals surface area (Å²) in [7, 11) is 0. The van der Waals surface area contributed by atoms with E-state index in [9.17, 15) is 9.59 Å². The van der Waals surface area contributed by atoms with Crippen LogP contribution in [0.5, 0.6) is 0 Å². The molecule has 3 rings (SSSR count). The van der Waals surface area contributed by atoms with Crippen molar-refractivity contribution in [3.05, 3.63) is 34.3 Å². The molecule has 2 amide bonds. The van der Waals surface area contributed by atoms with E-state index in [4.69, 9.17) is 4.74 Å². The largest absolute Gasteiger partial charge is 0.375 e. The molecule has 2 atom stereocenters. The zero-order valence-electron chi connectivity index (χ0n) is 14.8. The van der Waals surface area contributed by atoms with E-state index in [0.29, 0.717) is 31.8 Å². The molecule has 2 saturated heterocycles. The predicted molar refractivity (Wildman–Crippen MR) is 99.4 cm³/mol. The Bertz CT molecular complexity index is 626. The third kappa shape index (κ3) is 4.23. The minimum absolute atomic E-state index is 0.0155. The number of rotatable bonds is 2. The maximum absolute atomic E-state index is 12.9. The molecule has 0 bridgehead atoms. The van der Waals surface area contributed by atoms with E-state index in [2.05, 4.69) is 15.9 Å². The lowest BCUT2D eigenvalue weighted by Crippen LogP contribution is -2.53. The van der Waals surface area contributed by atoms with E-state index in [0.717, 1.165) is 17.3 Å². The Morgan fingerprint density at radius 2 is 1.76 bits per heavy atom. The zero-order valence-corrected chi connectivity index (χ0v) is 16.4. The second-order valence-electron chi connectivity index (χ2n) is 7.06. The normalized spacial score (nSPS) is 25.1. The van der Waals surface area contributed by atoms with Gasteiger partial charge in [0, 0.05) is 35.6 Å². The average molecular weight is 409 g/mol. The molecule has 0 aliphatic carbocycles. The van der Waals surface area contributed by atoms with Gasteiger partial charge in [-0.05, 0) is 51.0 Å². The van der Waals surface area contributed by atoms with Gasteiger partial charge in [-0.25, -0.2) is 0 Å². The van der Waals surface area contributed by atoms with Gasteiger partial charge in [0.05, 0.1) is 18.8 Å². The first-order valence-corrected chi connectivity index (χ1v) is 9.72. The van der Waals surface area contributed by atoms with Gasteiger partial charge in [0.2, 0.25) is 5.91 Å². The highest BCUT2D eigenvalue weighted by atomic mass is 79.9. The monoisotopic (exact) mass is 408 g/mol. The molecule has 2 unspecified atom stereocenters. The molecule has 5 nitrogen and oxygen atoms in total. The summed E-state index contributed by atoms with van der Waals surface area (Å²) in [5.74, 6) is 0.284. The highest BCUT2D eigenvalue weighted by Gasteiger charge is 2.34. The maximum atomic E-state index is 12.9.